The Labute approximate surface area is 126 Å². The zero-order valence-electron chi connectivity index (χ0n) is 12.0. The third-order valence-electron chi connectivity index (χ3n) is 4.53. The molecule has 1 fully saturated rings. The molecule has 0 spiro atoms. The van der Waals surface area contributed by atoms with Crippen molar-refractivity contribution in [3.8, 4) is 0 Å². The highest BCUT2D eigenvalue weighted by Crippen LogP contribution is 2.51. The molecule has 0 saturated heterocycles. The Morgan fingerprint density at radius 1 is 0.727 bits per heavy atom. The first-order valence-electron chi connectivity index (χ1n) is 7.10. The van der Waals surface area contributed by atoms with Crippen molar-refractivity contribution in [2.75, 3.05) is 0 Å². The van der Waals surface area contributed by atoms with Crippen LogP contribution in [0.5, 0.6) is 0 Å². The third-order valence-corrected chi connectivity index (χ3v) is 4.53. The Morgan fingerprint density at radius 2 is 1.09 bits per heavy atom. The average Bonchev–Trinajstić information content (AvgIpc) is 2.42. The Balaban J connectivity index is 3.31. The molecule has 124 valence electrons. The fourth-order valence-electron chi connectivity index (χ4n) is 3.57. The predicted octanol–water partition coefficient (Wildman–Crippen LogP) is 1.29. The number of carboxylic acid groups (broad SMARTS) is 4. The van der Waals surface area contributed by atoms with Gasteiger partial charge in [-0.1, -0.05) is 19.3 Å². The topological polar surface area (TPSA) is 149 Å². The predicted molar refractivity (Wildman–Crippen MR) is 72.3 cm³/mol. The van der Waals surface area contributed by atoms with Gasteiger partial charge in [0.05, 0.1) is 24.7 Å². The molecule has 0 aromatic heterocycles. The van der Waals surface area contributed by atoms with Gasteiger partial charge in [0, 0.05) is 0 Å². The summed E-state index contributed by atoms with van der Waals surface area (Å²) in [5.41, 5.74) is -1.34. The summed E-state index contributed by atoms with van der Waals surface area (Å²) in [5, 5.41) is 36.7. The van der Waals surface area contributed by atoms with E-state index in [1.807, 2.05) is 0 Å². The van der Waals surface area contributed by atoms with Gasteiger partial charge in [0.2, 0.25) is 0 Å². The second-order valence-corrected chi connectivity index (χ2v) is 5.77. The van der Waals surface area contributed by atoms with Crippen molar-refractivity contribution in [2.45, 2.75) is 44.9 Å². The van der Waals surface area contributed by atoms with Crippen LogP contribution >= 0.6 is 0 Å². The first kappa shape index (κ1) is 17.9. The molecule has 0 bridgehead atoms. The minimum atomic E-state index is -1.41. The maximum absolute atomic E-state index is 11.5. The molecular formula is C14H20O8. The molecule has 0 aromatic rings. The van der Waals surface area contributed by atoms with Crippen LogP contribution in [0, 0.1) is 17.3 Å². The second-order valence-electron chi connectivity index (χ2n) is 5.77. The van der Waals surface area contributed by atoms with Gasteiger partial charge in [-0.05, 0) is 18.3 Å². The molecule has 22 heavy (non-hydrogen) atoms. The minimum absolute atomic E-state index is 0.210. The average molecular weight is 316 g/mol. The van der Waals surface area contributed by atoms with Gasteiger partial charge in [-0.2, -0.15) is 0 Å². The molecule has 1 rings (SSSR count). The van der Waals surface area contributed by atoms with E-state index >= 15 is 0 Å². The summed E-state index contributed by atoms with van der Waals surface area (Å²) < 4.78 is 0. The van der Waals surface area contributed by atoms with Crippen LogP contribution in [0.4, 0.5) is 0 Å². The Bertz CT molecular complexity index is 427. The number of aliphatic carboxylic acids is 4. The quantitative estimate of drug-likeness (QED) is 0.523. The highest BCUT2D eigenvalue weighted by Gasteiger charge is 2.53. The molecule has 0 heterocycles. The SMILES string of the molecule is O=C(O)CC(C(=O)O)C1(C(CC(=O)O)C(=O)O)CCCCC1. The van der Waals surface area contributed by atoms with Gasteiger partial charge in [0.1, 0.15) is 0 Å². The summed E-state index contributed by atoms with van der Waals surface area (Å²) in [4.78, 5) is 45.1. The van der Waals surface area contributed by atoms with E-state index in [-0.39, 0.29) is 12.8 Å². The maximum atomic E-state index is 11.5. The Kier molecular flexibility index (Phi) is 5.90. The lowest BCUT2D eigenvalue weighted by molar-refractivity contribution is -0.167. The van der Waals surface area contributed by atoms with Crippen LogP contribution < -0.4 is 0 Å². The third kappa shape index (κ3) is 3.96. The van der Waals surface area contributed by atoms with E-state index in [9.17, 15) is 29.4 Å². The number of hydrogen-bond donors (Lipinski definition) is 4. The lowest BCUT2D eigenvalue weighted by Crippen LogP contribution is -2.48. The van der Waals surface area contributed by atoms with Crippen LogP contribution in [0.2, 0.25) is 0 Å². The van der Waals surface area contributed by atoms with E-state index in [4.69, 9.17) is 10.2 Å². The molecule has 0 radical (unpaired) electrons. The molecule has 1 aliphatic carbocycles. The van der Waals surface area contributed by atoms with Crippen molar-refractivity contribution in [3.63, 3.8) is 0 Å². The fraction of sp³-hybridized carbons (Fsp3) is 0.714. The van der Waals surface area contributed by atoms with Crippen molar-refractivity contribution >= 4 is 23.9 Å². The number of carboxylic acids is 4. The molecular weight excluding hydrogens is 296 g/mol. The zero-order chi connectivity index (χ0) is 16.9. The highest BCUT2D eigenvalue weighted by atomic mass is 16.4. The summed E-state index contributed by atoms with van der Waals surface area (Å²) in [6.45, 7) is 0. The van der Waals surface area contributed by atoms with Crippen LogP contribution in [-0.4, -0.2) is 44.3 Å². The fourth-order valence-corrected chi connectivity index (χ4v) is 3.57. The first-order chi connectivity index (χ1) is 10.2. The number of rotatable bonds is 8. The van der Waals surface area contributed by atoms with Crippen molar-refractivity contribution in [2.24, 2.45) is 17.3 Å². The van der Waals surface area contributed by atoms with Crippen LogP contribution in [-0.2, 0) is 19.2 Å². The molecule has 1 aliphatic rings. The molecule has 2 unspecified atom stereocenters. The summed E-state index contributed by atoms with van der Waals surface area (Å²) in [5.74, 6) is -8.27. The molecule has 2 atom stereocenters. The largest absolute Gasteiger partial charge is 0.481 e. The van der Waals surface area contributed by atoms with Gasteiger partial charge in [-0.25, -0.2) is 0 Å². The number of carbonyl (C=O) groups is 4. The smallest absolute Gasteiger partial charge is 0.307 e. The Morgan fingerprint density at radius 3 is 1.36 bits per heavy atom. The first-order valence-corrected chi connectivity index (χ1v) is 7.10. The van der Waals surface area contributed by atoms with Gasteiger partial charge >= 0.3 is 23.9 Å². The number of hydrogen-bond acceptors (Lipinski definition) is 4. The minimum Gasteiger partial charge on any atom is -0.481 e. The van der Waals surface area contributed by atoms with Gasteiger partial charge in [0.25, 0.3) is 0 Å². The summed E-state index contributed by atoms with van der Waals surface area (Å²) in [6, 6.07) is 0. The second kappa shape index (κ2) is 7.24. The monoisotopic (exact) mass is 316 g/mol. The highest BCUT2D eigenvalue weighted by molar-refractivity contribution is 5.82. The molecule has 0 aromatic carbocycles. The molecule has 8 heteroatoms. The van der Waals surface area contributed by atoms with E-state index in [0.717, 1.165) is 6.42 Å². The molecule has 8 nitrogen and oxygen atoms in total. The standard InChI is InChI=1S/C14H20O8/c15-10(16)6-8(12(19)20)14(4-2-1-3-5-14)9(13(21)22)7-11(17)18/h8-9H,1-7H2,(H,15,16)(H,17,18)(H,19,20)(H,21,22). The molecule has 0 aliphatic heterocycles. The summed E-state index contributed by atoms with van der Waals surface area (Å²) in [7, 11) is 0. The zero-order valence-corrected chi connectivity index (χ0v) is 12.0. The van der Waals surface area contributed by atoms with Gasteiger partial charge in [-0.3, -0.25) is 19.2 Å². The molecule has 1 saturated carbocycles. The summed E-state index contributed by atoms with van der Waals surface area (Å²) >= 11 is 0. The van der Waals surface area contributed by atoms with Gasteiger partial charge < -0.3 is 20.4 Å². The lowest BCUT2D eigenvalue weighted by atomic mass is 9.57. The van der Waals surface area contributed by atoms with Gasteiger partial charge in [0.15, 0.2) is 0 Å². The van der Waals surface area contributed by atoms with E-state index in [2.05, 4.69) is 0 Å². The van der Waals surface area contributed by atoms with Crippen LogP contribution in [0.1, 0.15) is 44.9 Å². The normalized spacial score (nSPS) is 19.8. The van der Waals surface area contributed by atoms with Crippen LogP contribution in [0.15, 0.2) is 0 Å². The van der Waals surface area contributed by atoms with E-state index in [1.165, 1.54) is 0 Å². The van der Waals surface area contributed by atoms with Gasteiger partial charge in [-0.15, -0.1) is 0 Å². The van der Waals surface area contributed by atoms with E-state index in [1.54, 1.807) is 0 Å². The molecule has 4 N–H and O–H groups in total. The molecule has 0 amide bonds. The van der Waals surface area contributed by atoms with Crippen LogP contribution in [0.25, 0.3) is 0 Å². The van der Waals surface area contributed by atoms with Crippen molar-refractivity contribution in [1.82, 2.24) is 0 Å². The van der Waals surface area contributed by atoms with Crippen molar-refractivity contribution in [1.29, 1.82) is 0 Å². The maximum Gasteiger partial charge on any atom is 0.307 e. The van der Waals surface area contributed by atoms with E-state index < -0.39 is 54.0 Å². The van der Waals surface area contributed by atoms with E-state index in [0.29, 0.717) is 12.8 Å². The lowest BCUT2D eigenvalue weighted by Gasteiger charge is -2.45. The van der Waals surface area contributed by atoms with Crippen molar-refractivity contribution in [3.05, 3.63) is 0 Å². The Hall–Kier alpha value is -2.12. The summed E-state index contributed by atoms with van der Waals surface area (Å²) in [6.07, 6.45) is 0.917. The van der Waals surface area contributed by atoms with Crippen molar-refractivity contribution < 1.29 is 39.6 Å². The van der Waals surface area contributed by atoms with Crippen LogP contribution in [0.3, 0.4) is 0 Å².